The van der Waals surface area contributed by atoms with Gasteiger partial charge in [-0.05, 0) is 43.3 Å². The van der Waals surface area contributed by atoms with Crippen molar-refractivity contribution in [2.75, 3.05) is 16.5 Å². The summed E-state index contributed by atoms with van der Waals surface area (Å²) < 4.78 is 0. The van der Waals surface area contributed by atoms with Gasteiger partial charge in [-0.15, -0.1) is 0 Å². The number of hydrogen-bond acceptors (Lipinski definition) is 4. The van der Waals surface area contributed by atoms with Crippen molar-refractivity contribution in [1.29, 1.82) is 0 Å². The van der Waals surface area contributed by atoms with Gasteiger partial charge in [-0.25, -0.2) is 9.80 Å². The molecule has 0 bridgehead atoms. The SMILES string of the molecule is Cc1ccc(N(NC(=O)CN2c3ccccc3Sc3ccccc32)C(N)=O)cc1. The van der Waals surface area contributed by atoms with E-state index in [1.165, 1.54) is 0 Å². The molecule has 7 heteroatoms. The number of nitrogens with one attached hydrogen (secondary N) is 1. The number of urea groups is 1. The molecular weight excluding hydrogens is 384 g/mol. The maximum Gasteiger partial charge on any atom is 0.338 e. The van der Waals surface area contributed by atoms with Crippen LogP contribution in [0, 0.1) is 6.92 Å². The van der Waals surface area contributed by atoms with Crippen LogP contribution >= 0.6 is 11.8 Å². The van der Waals surface area contributed by atoms with Crippen LogP contribution < -0.4 is 21.1 Å². The number of hydrogen-bond donors (Lipinski definition) is 2. The van der Waals surface area contributed by atoms with E-state index < -0.39 is 6.03 Å². The van der Waals surface area contributed by atoms with E-state index in [-0.39, 0.29) is 12.5 Å². The quantitative estimate of drug-likeness (QED) is 0.641. The molecule has 3 N–H and O–H groups in total. The number of para-hydroxylation sites is 2. The summed E-state index contributed by atoms with van der Waals surface area (Å²) in [6.07, 6.45) is 0. The first kappa shape index (κ1) is 18.9. The highest BCUT2D eigenvalue weighted by Gasteiger charge is 2.25. The highest BCUT2D eigenvalue weighted by atomic mass is 32.2. The van der Waals surface area contributed by atoms with E-state index in [9.17, 15) is 9.59 Å². The Hall–Kier alpha value is -3.45. The fourth-order valence-electron chi connectivity index (χ4n) is 3.20. The van der Waals surface area contributed by atoms with Crippen LogP contribution in [-0.2, 0) is 4.79 Å². The Kier molecular flexibility index (Phi) is 5.14. The Morgan fingerprint density at radius 3 is 2.03 bits per heavy atom. The monoisotopic (exact) mass is 404 g/mol. The topological polar surface area (TPSA) is 78.7 Å². The van der Waals surface area contributed by atoms with Crippen molar-refractivity contribution in [2.24, 2.45) is 5.73 Å². The number of nitrogens with zero attached hydrogens (tertiary/aromatic N) is 2. The average Bonchev–Trinajstić information content (AvgIpc) is 2.72. The molecule has 1 aliphatic rings. The fourth-order valence-corrected chi connectivity index (χ4v) is 4.29. The second kappa shape index (κ2) is 7.89. The molecule has 3 aromatic carbocycles. The highest BCUT2D eigenvalue weighted by Crippen LogP contribution is 2.47. The number of benzene rings is 3. The molecule has 3 aromatic rings. The molecule has 146 valence electrons. The molecule has 29 heavy (non-hydrogen) atoms. The molecule has 0 unspecified atom stereocenters. The summed E-state index contributed by atoms with van der Waals surface area (Å²) >= 11 is 1.67. The van der Waals surface area contributed by atoms with E-state index >= 15 is 0 Å². The number of aryl methyl sites for hydroxylation is 1. The lowest BCUT2D eigenvalue weighted by Crippen LogP contribution is -2.51. The van der Waals surface area contributed by atoms with Crippen LogP contribution in [0.5, 0.6) is 0 Å². The standard InChI is InChI=1S/C22H20N4O2S/c1-15-10-12-16(13-11-15)26(22(23)28)24-21(27)14-25-17-6-2-4-8-19(17)29-20-9-5-3-7-18(20)25/h2-13H,14H2,1H3,(H2,23,28)(H,24,27). The summed E-state index contributed by atoms with van der Waals surface area (Å²) in [6.45, 7) is 1.99. The van der Waals surface area contributed by atoms with Crippen LogP contribution in [0.1, 0.15) is 5.56 Å². The van der Waals surface area contributed by atoms with Gasteiger partial charge in [0.1, 0.15) is 6.54 Å². The summed E-state index contributed by atoms with van der Waals surface area (Å²) in [5.41, 5.74) is 11.6. The zero-order valence-corrected chi connectivity index (χ0v) is 16.6. The maximum absolute atomic E-state index is 12.9. The molecule has 6 nitrogen and oxygen atoms in total. The van der Waals surface area contributed by atoms with Crippen molar-refractivity contribution in [3.8, 4) is 0 Å². The van der Waals surface area contributed by atoms with E-state index in [1.807, 2.05) is 72.5 Å². The molecule has 0 spiro atoms. The number of amides is 3. The molecule has 0 radical (unpaired) electrons. The summed E-state index contributed by atoms with van der Waals surface area (Å²) in [7, 11) is 0. The van der Waals surface area contributed by atoms with Gasteiger partial charge in [0.05, 0.1) is 17.1 Å². The summed E-state index contributed by atoms with van der Waals surface area (Å²) in [4.78, 5) is 28.9. The number of fused-ring (bicyclic) bond motifs is 2. The second-order valence-electron chi connectivity index (χ2n) is 6.67. The van der Waals surface area contributed by atoms with E-state index in [0.717, 1.165) is 31.7 Å². The van der Waals surface area contributed by atoms with Crippen LogP contribution in [0.2, 0.25) is 0 Å². The van der Waals surface area contributed by atoms with Gasteiger partial charge in [-0.3, -0.25) is 10.2 Å². The minimum Gasteiger partial charge on any atom is -0.350 e. The molecule has 1 aliphatic heterocycles. The van der Waals surface area contributed by atoms with Gasteiger partial charge in [-0.1, -0.05) is 53.7 Å². The van der Waals surface area contributed by atoms with Gasteiger partial charge in [0.15, 0.2) is 0 Å². The molecule has 4 rings (SSSR count). The fraction of sp³-hybridized carbons (Fsp3) is 0.0909. The predicted molar refractivity (Wildman–Crippen MR) is 115 cm³/mol. The third-order valence-corrected chi connectivity index (χ3v) is 5.71. The van der Waals surface area contributed by atoms with E-state index in [2.05, 4.69) is 5.43 Å². The van der Waals surface area contributed by atoms with Crippen molar-refractivity contribution in [1.82, 2.24) is 5.43 Å². The average molecular weight is 404 g/mol. The number of carbonyl (C=O) groups is 2. The van der Waals surface area contributed by atoms with Crippen LogP contribution in [0.25, 0.3) is 0 Å². The molecule has 3 amide bonds. The van der Waals surface area contributed by atoms with Crippen molar-refractivity contribution >= 4 is 40.8 Å². The molecular formula is C22H20N4O2S. The smallest absolute Gasteiger partial charge is 0.338 e. The second-order valence-corrected chi connectivity index (χ2v) is 7.75. The molecule has 0 fully saturated rings. The van der Waals surface area contributed by atoms with E-state index in [4.69, 9.17) is 5.73 Å². The third kappa shape index (κ3) is 3.90. The Labute approximate surface area is 173 Å². The lowest BCUT2D eigenvalue weighted by Gasteiger charge is -2.32. The van der Waals surface area contributed by atoms with Crippen LogP contribution in [-0.4, -0.2) is 18.5 Å². The van der Waals surface area contributed by atoms with Gasteiger partial charge in [0.25, 0.3) is 5.91 Å². The molecule has 0 aromatic heterocycles. The lowest BCUT2D eigenvalue weighted by molar-refractivity contribution is -0.119. The Balaban J connectivity index is 1.59. The van der Waals surface area contributed by atoms with Crippen molar-refractivity contribution in [2.45, 2.75) is 16.7 Å². The number of primary amides is 1. The number of hydrazine groups is 1. The van der Waals surface area contributed by atoms with Gasteiger partial charge in [-0.2, -0.15) is 0 Å². The normalized spacial score (nSPS) is 12.0. The summed E-state index contributed by atoms with van der Waals surface area (Å²) in [5, 5.41) is 1.07. The van der Waals surface area contributed by atoms with E-state index in [0.29, 0.717) is 5.69 Å². The molecule has 0 saturated carbocycles. The molecule has 0 atom stereocenters. The third-order valence-electron chi connectivity index (χ3n) is 4.58. The van der Waals surface area contributed by atoms with Gasteiger partial charge < -0.3 is 10.6 Å². The first-order valence-corrected chi connectivity index (χ1v) is 9.94. The maximum atomic E-state index is 12.9. The van der Waals surface area contributed by atoms with Crippen molar-refractivity contribution in [3.63, 3.8) is 0 Å². The summed E-state index contributed by atoms with van der Waals surface area (Å²) in [6, 6.07) is 22.3. The summed E-state index contributed by atoms with van der Waals surface area (Å²) in [5.74, 6) is -0.346. The minimum atomic E-state index is -0.753. The van der Waals surface area contributed by atoms with Gasteiger partial charge in [0.2, 0.25) is 0 Å². The van der Waals surface area contributed by atoms with Crippen LogP contribution in [0.3, 0.4) is 0 Å². The molecule has 0 saturated heterocycles. The highest BCUT2D eigenvalue weighted by molar-refractivity contribution is 7.99. The van der Waals surface area contributed by atoms with Gasteiger partial charge >= 0.3 is 6.03 Å². The Morgan fingerprint density at radius 2 is 1.48 bits per heavy atom. The predicted octanol–water partition coefficient (Wildman–Crippen LogP) is 4.21. The zero-order chi connectivity index (χ0) is 20.4. The molecule has 1 heterocycles. The Morgan fingerprint density at radius 1 is 0.931 bits per heavy atom. The number of anilines is 3. The van der Waals surface area contributed by atoms with E-state index in [1.54, 1.807) is 23.9 Å². The Bertz CT molecular complexity index is 1020. The first-order valence-electron chi connectivity index (χ1n) is 9.12. The lowest BCUT2D eigenvalue weighted by atomic mass is 10.2. The minimum absolute atomic E-state index is 0.0459. The van der Waals surface area contributed by atoms with Crippen molar-refractivity contribution in [3.05, 3.63) is 78.4 Å². The largest absolute Gasteiger partial charge is 0.350 e. The zero-order valence-electron chi connectivity index (χ0n) is 15.8. The number of nitrogens with two attached hydrogens (primary N) is 1. The van der Waals surface area contributed by atoms with Crippen LogP contribution in [0.15, 0.2) is 82.6 Å². The van der Waals surface area contributed by atoms with Crippen molar-refractivity contribution < 1.29 is 9.59 Å². The molecule has 0 aliphatic carbocycles. The number of carbonyl (C=O) groups excluding carboxylic acids is 2. The first-order chi connectivity index (χ1) is 14.0. The van der Waals surface area contributed by atoms with Gasteiger partial charge in [0, 0.05) is 9.79 Å². The van der Waals surface area contributed by atoms with Crippen LogP contribution in [0.4, 0.5) is 21.9 Å². The number of rotatable bonds is 3.